The molecular formula is C24H28N3O12P2+. The first kappa shape index (κ1) is 32.3. The highest BCUT2D eigenvalue weighted by atomic mass is 31.2. The molecule has 3 rings (SSSR count). The number of benzene rings is 2. The lowest BCUT2D eigenvalue weighted by atomic mass is 9.97. The number of hydrogen-bond acceptors (Lipinski definition) is 12. The summed E-state index contributed by atoms with van der Waals surface area (Å²) in [5.41, 5.74) is 10.4. The molecule has 1 heterocycles. The maximum absolute atomic E-state index is 13.7. The number of phosphoric ester groups is 1. The number of carbonyl (C=O) groups excluding carboxylic acids is 2. The molecule has 1 aliphatic rings. The lowest BCUT2D eigenvalue weighted by molar-refractivity contribution is -0.250. The van der Waals surface area contributed by atoms with E-state index < -0.39 is 65.3 Å². The van der Waals surface area contributed by atoms with Crippen LogP contribution < -0.4 is 0 Å². The highest BCUT2D eigenvalue weighted by Gasteiger charge is 2.53. The van der Waals surface area contributed by atoms with Crippen molar-refractivity contribution in [3.63, 3.8) is 0 Å². The van der Waals surface area contributed by atoms with Gasteiger partial charge in [-0.1, -0.05) is 70.3 Å². The molecule has 6 atom stereocenters. The van der Waals surface area contributed by atoms with E-state index in [9.17, 15) is 23.6 Å². The van der Waals surface area contributed by atoms with Gasteiger partial charge >= 0.3 is 28.0 Å². The first-order valence-corrected chi connectivity index (χ1v) is 14.7. The van der Waals surface area contributed by atoms with Crippen LogP contribution in [0.1, 0.15) is 25.0 Å². The van der Waals surface area contributed by atoms with Crippen molar-refractivity contribution >= 4 is 28.0 Å². The average Bonchev–Trinajstić information content (AvgIpc) is 2.93. The summed E-state index contributed by atoms with van der Waals surface area (Å²) in [4.78, 5) is 35.8. The third-order valence-corrected chi connectivity index (χ3v) is 7.20. The van der Waals surface area contributed by atoms with E-state index in [1.165, 1.54) is 0 Å². The molecule has 0 bridgehead atoms. The van der Waals surface area contributed by atoms with Gasteiger partial charge in [-0.25, -0.2) is 4.57 Å². The van der Waals surface area contributed by atoms with Crippen LogP contribution in [0.15, 0.2) is 65.8 Å². The third kappa shape index (κ3) is 10.3. The molecule has 0 radical (unpaired) electrons. The van der Waals surface area contributed by atoms with Crippen molar-refractivity contribution in [1.82, 2.24) is 0 Å². The largest absolute Gasteiger partial charge is 0.697 e. The Hall–Kier alpha value is -3.22. The Kier molecular flexibility index (Phi) is 12.4. The minimum atomic E-state index is -4.36. The second-order valence-electron chi connectivity index (χ2n) is 8.49. The fourth-order valence-corrected chi connectivity index (χ4v) is 5.30. The fourth-order valence-electron chi connectivity index (χ4n) is 3.78. The molecule has 17 heteroatoms. The van der Waals surface area contributed by atoms with Gasteiger partial charge in [-0.3, -0.25) is 23.2 Å². The minimum absolute atomic E-state index is 0.155. The summed E-state index contributed by atoms with van der Waals surface area (Å²) in [6.07, 6.45) is -6.20. The van der Waals surface area contributed by atoms with E-state index in [1.54, 1.807) is 60.7 Å². The lowest BCUT2D eigenvalue weighted by Crippen LogP contribution is -2.60. The molecule has 1 aliphatic heterocycles. The standard InChI is InChI=1S/C24H27N3O12P2/c1-16(28)36-22-20(38-24(39-40(30)31)21(26-27-25)23(22)37-17(2)29)15-35-41(32,33-13-18-9-5-3-6-10-18)34-14-19-11-7-4-8-12-19/h3-12,20-24H,13-15H2,1-2H3/p+1/t20?,21?,22-,23+,24-/m0/s1. The predicted molar refractivity (Wildman–Crippen MR) is 140 cm³/mol. The molecule has 0 aliphatic carbocycles. The second kappa shape index (κ2) is 15.7. The molecule has 1 fully saturated rings. The van der Waals surface area contributed by atoms with Crippen molar-refractivity contribution in [2.45, 2.75) is 57.7 Å². The molecule has 2 aromatic carbocycles. The highest BCUT2D eigenvalue weighted by molar-refractivity contribution is 7.48. The molecule has 0 saturated carbocycles. The summed E-state index contributed by atoms with van der Waals surface area (Å²) in [6, 6.07) is 16.0. The van der Waals surface area contributed by atoms with E-state index in [0.29, 0.717) is 11.1 Å². The van der Waals surface area contributed by atoms with Crippen LogP contribution >= 0.6 is 16.1 Å². The van der Waals surface area contributed by atoms with E-state index in [0.717, 1.165) is 13.8 Å². The van der Waals surface area contributed by atoms with E-state index in [1.807, 2.05) is 0 Å². The summed E-state index contributed by atoms with van der Waals surface area (Å²) >= 11 is 0. The number of carbonyl (C=O) groups is 2. The Morgan fingerprint density at radius 3 is 1.93 bits per heavy atom. The predicted octanol–water partition coefficient (Wildman–Crippen LogP) is 4.48. The van der Waals surface area contributed by atoms with E-state index in [2.05, 4.69) is 10.0 Å². The maximum Gasteiger partial charge on any atom is 0.697 e. The van der Waals surface area contributed by atoms with Crippen LogP contribution in [0.2, 0.25) is 0 Å². The highest BCUT2D eigenvalue weighted by Crippen LogP contribution is 2.51. The minimum Gasteiger partial charge on any atom is -0.458 e. The van der Waals surface area contributed by atoms with Crippen molar-refractivity contribution in [2.24, 2.45) is 5.11 Å². The van der Waals surface area contributed by atoms with Crippen molar-refractivity contribution in [2.75, 3.05) is 6.61 Å². The lowest BCUT2D eigenvalue weighted by Gasteiger charge is -2.41. The second-order valence-corrected chi connectivity index (χ2v) is 10.8. The van der Waals surface area contributed by atoms with Gasteiger partial charge in [0.25, 0.3) is 0 Å². The van der Waals surface area contributed by atoms with Gasteiger partial charge in [0, 0.05) is 23.3 Å². The number of rotatable bonds is 14. The monoisotopic (exact) mass is 612 g/mol. The summed E-state index contributed by atoms with van der Waals surface area (Å²) in [7, 11) is -7.65. The molecular weight excluding hydrogens is 584 g/mol. The molecule has 0 spiro atoms. The summed E-state index contributed by atoms with van der Waals surface area (Å²) < 4.78 is 63.0. The van der Waals surface area contributed by atoms with Crippen LogP contribution in [0, 0.1) is 0 Å². The Labute approximate surface area is 235 Å². The zero-order valence-electron chi connectivity index (χ0n) is 22.0. The summed E-state index contributed by atoms with van der Waals surface area (Å²) in [6.45, 7) is 1.14. The Balaban J connectivity index is 1.88. The Bertz CT molecular complexity index is 1230. The van der Waals surface area contributed by atoms with E-state index >= 15 is 0 Å². The number of nitrogens with zero attached hydrogens (tertiary/aromatic N) is 3. The van der Waals surface area contributed by atoms with Crippen LogP contribution in [0.3, 0.4) is 0 Å². The Morgan fingerprint density at radius 2 is 1.46 bits per heavy atom. The Morgan fingerprint density at radius 1 is 0.951 bits per heavy atom. The maximum atomic E-state index is 13.7. The quantitative estimate of drug-likeness (QED) is 0.103. The molecule has 3 unspecified atom stereocenters. The van der Waals surface area contributed by atoms with E-state index in [4.69, 9.17) is 37.8 Å². The van der Waals surface area contributed by atoms with Crippen LogP contribution in [0.4, 0.5) is 0 Å². The van der Waals surface area contributed by atoms with Gasteiger partial charge < -0.3 is 14.2 Å². The SMILES string of the molecule is CC(=O)O[C@@H]1C(N=[N+]=[N-])[C@H](O[P+](=O)O)OC(COP(=O)(OCc2ccccc2)OCc2ccccc2)[C@@H]1OC(C)=O. The smallest absolute Gasteiger partial charge is 0.458 e. The number of ether oxygens (including phenoxy) is 3. The van der Waals surface area contributed by atoms with Crippen molar-refractivity contribution in [1.29, 1.82) is 0 Å². The van der Waals surface area contributed by atoms with Gasteiger partial charge in [0.15, 0.2) is 12.2 Å². The number of esters is 2. The third-order valence-electron chi connectivity index (χ3n) is 5.46. The van der Waals surface area contributed by atoms with Crippen LogP contribution in [-0.2, 0) is 64.2 Å². The van der Waals surface area contributed by atoms with Gasteiger partial charge in [0.2, 0.25) is 6.29 Å². The number of phosphoric acid groups is 1. The van der Waals surface area contributed by atoms with Crippen molar-refractivity contribution in [3.05, 3.63) is 82.2 Å². The molecule has 15 nitrogen and oxygen atoms in total. The molecule has 0 amide bonds. The fraction of sp³-hybridized carbons (Fsp3) is 0.417. The summed E-state index contributed by atoms with van der Waals surface area (Å²) in [5.74, 6) is -1.70. The van der Waals surface area contributed by atoms with Crippen LogP contribution in [0.25, 0.3) is 10.4 Å². The summed E-state index contributed by atoms with van der Waals surface area (Å²) in [5, 5.41) is 3.46. The van der Waals surface area contributed by atoms with Gasteiger partial charge in [-0.05, 0) is 16.7 Å². The molecule has 41 heavy (non-hydrogen) atoms. The van der Waals surface area contributed by atoms with Gasteiger partial charge in [0.05, 0.1) is 19.8 Å². The number of azide groups is 1. The normalized spacial score (nSPS) is 22.7. The molecule has 2 aromatic rings. The number of hydrogen-bond donors (Lipinski definition) is 1. The van der Waals surface area contributed by atoms with Gasteiger partial charge in [0.1, 0.15) is 12.1 Å². The van der Waals surface area contributed by atoms with Gasteiger partial charge in [-0.15, -0.1) is 4.89 Å². The first-order valence-electron chi connectivity index (χ1n) is 12.1. The van der Waals surface area contributed by atoms with Crippen LogP contribution in [-0.4, -0.2) is 54.1 Å². The van der Waals surface area contributed by atoms with Crippen LogP contribution in [0.5, 0.6) is 0 Å². The van der Waals surface area contributed by atoms with Gasteiger partial charge in [-0.2, -0.15) is 0 Å². The first-order chi connectivity index (χ1) is 19.6. The molecule has 220 valence electrons. The zero-order valence-corrected chi connectivity index (χ0v) is 23.7. The molecule has 1 N–H and O–H groups in total. The average molecular weight is 612 g/mol. The molecule has 0 aromatic heterocycles. The topological polar surface area (TPSA) is 202 Å². The van der Waals surface area contributed by atoms with Crippen molar-refractivity contribution in [3.8, 4) is 0 Å². The molecule has 1 saturated heterocycles. The van der Waals surface area contributed by atoms with E-state index in [-0.39, 0.29) is 13.2 Å². The van der Waals surface area contributed by atoms with Crippen molar-refractivity contribution < 1.29 is 55.9 Å². The zero-order chi connectivity index (χ0) is 29.8.